The van der Waals surface area contributed by atoms with Crippen molar-refractivity contribution in [1.29, 1.82) is 0 Å². The Morgan fingerprint density at radius 2 is 1.62 bits per heavy atom. The Bertz CT molecular complexity index is 1160. The maximum Gasteiger partial charge on any atom is 0.252 e. The van der Waals surface area contributed by atoms with Crippen molar-refractivity contribution in [2.24, 2.45) is 0 Å². The average molecular weight is 370 g/mol. The van der Waals surface area contributed by atoms with Crippen LogP contribution in [0.25, 0.3) is 10.9 Å². The molecule has 0 radical (unpaired) electrons. The number of aromatic amines is 1. The number of sulfonamides is 1. The van der Waals surface area contributed by atoms with Crippen LogP contribution < -0.4 is 10.3 Å². The van der Waals surface area contributed by atoms with E-state index in [1.165, 1.54) is 0 Å². The van der Waals surface area contributed by atoms with Gasteiger partial charge in [-0.3, -0.25) is 4.79 Å². The van der Waals surface area contributed by atoms with Crippen molar-refractivity contribution in [3.63, 3.8) is 0 Å². The molecule has 2 aromatic carbocycles. The normalized spacial score (nSPS) is 11.8. The summed E-state index contributed by atoms with van der Waals surface area (Å²) in [5, 5.41) is 0.913. The Morgan fingerprint density at radius 3 is 2.31 bits per heavy atom. The van der Waals surface area contributed by atoms with Gasteiger partial charge >= 0.3 is 0 Å². The molecule has 3 aromatic rings. The number of aryl methyl sites for hydroxylation is 4. The molecule has 5 nitrogen and oxygen atoms in total. The zero-order chi connectivity index (χ0) is 19.1. The quantitative estimate of drug-likeness (QED) is 0.740. The summed E-state index contributed by atoms with van der Waals surface area (Å²) in [5.74, 6) is 0. The van der Waals surface area contributed by atoms with Crippen LogP contribution in [-0.4, -0.2) is 13.4 Å². The van der Waals surface area contributed by atoms with Gasteiger partial charge in [0.2, 0.25) is 10.0 Å². The maximum atomic E-state index is 12.6. The number of pyridine rings is 1. The molecule has 6 heteroatoms. The first-order valence-electron chi connectivity index (χ1n) is 8.37. The predicted molar refractivity (Wildman–Crippen MR) is 104 cm³/mol. The molecule has 26 heavy (non-hydrogen) atoms. The van der Waals surface area contributed by atoms with Gasteiger partial charge in [0.15, 0.2) is 0 Å². The van der Waals surface area contributed by atoms with Crippen LogP contribution in [0.5, 0.6) is 0 Å². The van der Waals surface area contributed by atoms with E-state index >= 15 is 0 Å². The van der Waals surface area contributed by atoms with Gasteiger partial charge in [-0.05, 0) is 62.6 Å². The van der Waals surface area contributed by atoms with E-state index in [2.05, 4.69) is 9.71 Å². The van der Waals surface area contributed by atoms with Crippen LogP contribution >= 0.6 is 0 Å². The van der Waals surface area contributed by atoms with E-state index in [1.54, 1.807) is 25.1 Å². The molecule has 0 aliphatic rings. The van der Waals surface area contributed by atoms with Crippen molar-refractivity contribution in [2.45, 2.75) is 39.1 Å². The van der Waals surface area contributed by atoms with E-state index in [0.29, 0.717) is 11.1 Å². The minimum Gasteiger partial charge on any atom is -0.322 e. The molecule has 0 bridgehead atoms. The van der Waals surface area contributed by atoms with E-state index in [-0.39, 0.29) is 17.0 Å². The highest BCUT2D eigenvalue weighted by Crippen LogP contribution is 2.19. The van der Waals surface area contributed by atoms with Crippen LogP contribution in [0.3, 0.4) is 0 Å². The summed E-state index contributed by atoms with van der Waals surface area (Å²) < 4.78 is 27.7. The molecule has 2 N–H and O–H groups in total. The van der Waals surface area contributed by atoms with Crippen molar-refractivity contribution in [2.75, 3.05) is 0 Å². The second kappa shape index (κ2) is 6.70. The highest BCUT2D eigenvalue weighted by atomic mass is 32.2. The highest BCUT2D eigenvalue weighted by Gasteiger charge is 2.17. The molecule has 3 rings (SSSR count). The van der Waals surface area contributed by atoms with Gasteiger partial charge in [0.05, 0.1) is 4.90 Å². The lowest BCUT2D eigenvalue weighted by molar-refractivity contribution is 0.580. The predicted octanol–water partition coefficient (Wildman–Crippen LogP) is 3.24. The molecule has 0 atom stereocenters. The van der Waals surface area contributed by atoms with E-state index in [0.717, 1.165) is 27.6 Å². The van der Waals surface area contributed by atoms with Crippen molar-refractivity contribution in [1.82, 2.24) is 9.71 Å². The highest BCUT2D eigenvalue weighted by molar-refractivity contribution is 7.89. The van der Waals surface area contributed by atoms with Crippen LogP contribution in [-0.2, 0) is 16.6 Å². The zero-order valence-corrected chi connectivity index (χ0v) is 16.1. The van der Waals surface area contributed by atoms with E-state index in [9.17, 15) is 13.2 Å². The first-order chi connectivity index (χ1) is 12.2. The number of rotatable bonds is 4. The molecule has 1 aromatic heterocycles. The molecule has 0 amide bonds. The summed E-state index contributed by atoms with van der Waals surface area (Å²) in [6.45, 7) is 7.55. The summed E-state index contributed by atoms with van der Waals surface area (Å²) in [4.78, 5) is 15.4. The van der Waals surface area contributed by atoms with Crippen LogP contribution in [0.4, 0.5) is 0 Å². The Balaban J connectivity index is 1.94. The molecule has 1 heterocycles. The second-order valence-corrected chi connectivity index (χ2v) is 8.50. The molecule has 0 spiro atoms. The number of H-pyrrole nitrogens is 1. The summed E-state index contributed by atoms with van der Waals surface area (Å²) in [6.07, 6.45) is 0. The van der Waals surface area contributed by atoms with Crippen LogP contribution in [0.15, 0.2) is 46.1 Å². The van der Waals surface area contributed by atoms with Gasteiger partial charge < -0.3 is 4.98 Å². The Labute approximate surface area is 153 Å². The molecular weight excluding hydrogens is 348 g/mol. The van der Waals surface area contributed by atoms with Gasteiger partial charge in [0.25, 0.3) is 5.56 Å². The standard InChI is InChI=1S/C20H22N2O3S/c1-12-5-6-19(15(4)7-12)26(24,25)21-11-16-10-17-14(3)8-13(2)9-18(17)22-20(16)23/h5-10,21H,11H2,1-4H3,(H,22,23). The molecule has 0 saturated carbocycles. The molecule has 0 aliphatic heterocycles. The fraction of sp³-hybridized carbons (Fsp3) is 0.250. The largest absolute Gasteiger partial charge is 0.322 e. The van der Waals surface area contributed by atoms with Crippen LogP contribution in [0.2, 0.25) is 0 Å². The Kier molecular flexibility index (Phi) is 4.73. The number of aromatic nitrogens is 1. The summed E-state index contributed by atoms with van der Waals surface area (Å²) >= 11 is 0. The van der Waals surface area contributed by atoms with E-state index in [1.807, 2.05) is 39.0 Å². The minimum atomic E-state index is -3.70. The third kappa shape index (κ3) is 3.57. The minimum absolute atomic E-state index is 0.0613. The lowest BCUT2D eigenvalue weighted by Crippen LogP contribution is -2.27. The molecule has 0 aliphatic carbocycles. The van der Waals surface area contributed by atoms with Gasteiger partial charge in [0.1, 0.15) is 0 Å². The number of fused-ring (bicyclic) bond motifs is 1. The first kappa shape index (κ1) is 18.4. The van der Waals surface area contributed by atoms with Crippen LogP contribution in [0.1, 0.15) is 27.8 Å². The Hall–Kier alpha value is -2.44. The molecule has 0 saturated heterocycles. The smallest absolute Gasteiger partial charge is 0.252 e. The topological polar surface area (TPSA) is 79.0 Å². The second-order valence-electron chi connectivity index (χ2n) is 6.76. The molecular formula is C20H22N2O3S. The molecule has 136 valence electrons. The number of hydrogen-bond donors (Lipinski definition) is 2. The Morgan fingerprint density at radius 1 is 0.923 bits per heavy atom. The van der Waals surface area contributed by atoms with Gasteiger partial charge in [-0.25, -0.2) is 13.1 Å². The van der Waals surface area contributed by atoms with Crippen molar-refractivity contribution in [3.8, 4) is 0 Å². The van der Waals surface area contributed by atoms with Gasteiger partial charge in [-0.1, -0.05) is 23.8 Å². The number of hydrogen-bond acceptors (Lipinski definition) is 3. The lowest BCUT2D eigenvalue weighted by atomic mass is 10.0. The van der Waals surface area contributed by atoms with Crippen LogP contribution in [0, 0.1) is 27.7 Å². The van der Waals surface area contributed by atoms with Gasteiger partial charge in [-0.2, -0.15) is 0 Å². The molecule has 0 fully saturated rings. The van der Waals surface area contributed by atoms with Crippen molar-refractivity contribution < 1.29 is 8.42 Å². The molecule has 0 unspecified atom stereocenters. The van der Waals surface area contributed by atoms with Crippen molar-refractivity contribution >= 4 is 20.9 Å². The fourth-order valence-corrected chi connectivity index (χ4v) is 4.43. The zero-order valence-electron chi connectivity index (χ0n) is 15.3. The first-order valence-corrected chi connectivity index (χ1v) is 9.86. The third-order valence-electron chi connectivity index (χ3n) is 4.46. The van der Waals surface area contributed by atoms with E-state index < -0.39 is 10.0 Å². The summed E-state index contributed by atoms with van der Waals surface area (Å²) in [7, 11) is -3.70. The van der Waals surface area contributed by atoms with Gasteiger partial charge in [0, 0.05) is 23.0 Å². The monoisotopic (exact) mass is 370 g/mol. The average Bonchev–Trinajstić information content (AvgIpc) is 2.52. The number of nitrogens with one attached hydrogen (secondary N) is 2. The maximum absolute atomic E-state index is 12.6. The lowest BCUT2D eigenvalue weighted by Gasteiger charge is -2.11. The van der Waals surface area contributed by atoms with E-state index in [4.69, 9.17) is 0 Å². The summed E-state index contributed by atoms with van der Waals surface area (Å²) in [5.41, 5.74) is 4.63. The third-order valence-corrected chi connectivity index (χ3v) is 6.02. The SMILES string of the molecule is Cc1ccc(S(=O)(=O)NCc2cc3c(C)cc(C)cc3[nH]c2=O)c(C)c1. The van der Waals surface area contributed by atoms with Crippen molar-refractivity contribution in [3.05, 3.63) is 74.6 Å². The fourth-order valence-electron chi connectivity index (χ4n) is 3.20. The van der Waals surface area contributed by atoms with Gasteiger partial charge in [-0.15, -0.1) is 0 Å². The summed E-state index contributed by atoms with van der Waals surface area (Å²) in [6, 6.07) is 10.9. The number of benzene rings is 2.